The van der Waals surface area contributed by atoms with Crippen LogP contribution in [0.5, 0.6) is 0 Å². The van der Waals surface area contributed by atoms with Crippen LogP contribution in [0, 0.1) is 6.92 Å². The highest BCUT2D eigenvalue weighted by Crippen LogP contribution is 2.22. The second-order valence-corrected chi connectivity index (χ2v) is 7.09. The molecule has 1 aromatic carbocycles. The first-order valence-corrected chi connectivity index (χ1v) is 8.17. The molecule has 2 heterocycles. The van der Waals surface area contributed by atoms with Crippen molar-refractivity contribution in [2.45, 2.75) is 33.1 Å². The van der Waals surface area contributed by atoms with E-state index < -0.39 is 0 Å². The third-order valence-electron chi connectivity index (χ3n) is 4.17. The number of hydrogen-bond donors (Lipinski definition) is 1. The largest absolute Gasteiger partial charge is 0.316 e. The molecule has 5 heteroatoms. The molecule has 0 unspecified atom stereocenters. The fraction of sp³-hybridized carbons (Fsp3) is 0.250. The Balaban J connectivity index is 1.93. The third-order valence-corrected chi connectivity index (χ3v) is 4.17. The maximum Gasteiger partial charge on any atom is 0.281 e. The summed E-state index contributed by atoms with van der Waals surface area (Å²) in [6.07, 6.45) is 1.64. The van der Waals surface area contributed by atoms with Crippen molar-refractivity contribution >= 4 is 17.2 Å². The summed E-state index contributed by atoms with van der Waals surface area (Å²) in [6, 6.07) is 12.7. The number of hydrogen-bond acceptors (Lipinski definition) is 3. The molecule has 25 heavy (non-hydrogen) atoms. The van der Waals surface area contributed by atoms with Gasteiger partial charge >= 0.3 is 0 Å². The first kappa shape index (κ1) is 16.9. The molecule has 0 aliphatic rings. The molecule has 3 rings (SSSR count). The molecule has 0 spiro atoms. The van der Waals surface area contributed by atoms with Gasteiger partial charge in [0.2, 0.25) is 0 Å². The van der Waals surface area contributed by atoms with Crippen molar-refractivity contribution in [2.75, 3.05) is 5.32 Å². The highest BCUT2D eigenvalue weighted by Gasteiger charge is 2.16. The quantitative estimate of drug-likeness (QED) is 0.779. The number of aromatic nitrogens is 2. The Morgan fingerprint density at radius 1 is 1.08 bits per heavy atom. The van der Waals surface area contributed by atoms with Crippen molar-refractivity contribution in [1.29, 1.82) is 0 Å². The van der Waals surface area contributed by atoms with Crippen LogP contribution in [0.4, 0.5) is 5.69 Å². The first-order chi connectivity index (χ1) is 11.8. The monoisotopic (exact) mass is 335 g/mol. The van der Waals surface area contributed by atoms with Crippen LogP contribution in [-0.2, 0) is 5.41 Å². The van der Waals surface area contributed by atoms with Gasteiger partial charge in [-0.05, 0) is 42.2 Å². The fourth-order valence-corrected chi connectivity index (χ4v) is 2.65. The number of fused-ring (bicyclic) bond motifs is 1. The number of nitrogens with one attached hydrogen (secondary N) is 1. The molecule has 0 saturated heterocycles. The number of amides is 1. The van der Waals surface area contributed by atoms with Crippen LogP contribution in [0.15, 0.2) is 53.5 Å². The summed E-state index contributed by atoms with van der Waals surface area (Å²) in [5.74, 6) is -0.321. The predicted molar refractivity (Wildman–Crippen MR) is 99.3 cm³/mol. The summed E-state index contributed by atoms with van der Waals surface area (Å²) in [7, 11) is 0. The lowest BCUT2D eigenvalue weighted by atomic mass is 9.87. The maximum absolute atomic E-state index is 12.6. The normalized spacial score (nSPS) is 11.5. The molecule has 0 aliphatic heterocycles. The molecular weight excluding hydrogens is 314 g/mol. The molecule has 1 amide bonds. The molecule has 0 bridgehead atoms. The SMILES string of the molecule is Cc1nc2ccccn2c(=O)c1NC(=O)c1ccc(C(C)(C)C)cc1. The number of carbonyl (C=O) groups is 1. The van der Waals surface area contributed by atoms with Gasteiger partial charge in [0, 0.05) is 11.8 Å². The third kappa shape index (κ3) is 3.31. The van der Waals surface area contributed by atoms with Crippen LogP contribution in [0.25, 0.3) is 5.65 Å². The Labute approximate surface area is 146 Å². The summed E-state index contributed by atoms with van der Waals surface area (Å²) in [5, 5.41) is 2.71. The smallest absolute Gasteiger partial charge is 0.281 e. The Hall–Kier alpha value is -2.95. The van der Waals surface area contributed by atoms with E-state index in [2.05, 4.69) is 31.1 Å². The predicted octanol–water partition coefficient (Wildman–Crippen LogP) is 3.55. The van der Waals surface area contributed by atoms with Crippen LogP contribution in [0.3, 0.4) is 0 Å². The minimum atomic E-state index is -0.321. The minimum absolute atomic E-state index is 0.0205. The van der Waals surface area contributed by atoms with Crippen molar-refractivity contribution in [3.05, 3.63) is 75.8 Å². The molecule has 0 saturated carbocycles. The lowest BCUT2D eigenvalue weighted by Crippen LogP contribution is -2.25. The average Bonchev–Trinajstić information content (AvgIpc) is 2.58. The number of nitrogens with zero attached hydrogens (tertiary/aromatic N) is 2. The van der Waals surface area contributed by atoms with E-state index in [1.807, 2.05) is 18.2 Å². The van der Waals surface area contributed by atoms with Crippen LogP contribution in [0.1, 0.15) is 42.4 Å². The summed E-state index contributed by atoms with van der Waals surface area (Å²) < 4.78 is 1.42. The molecule has 0 aliphatic carbocycles. The van der Waals surface area contributed by atoms with E-state index in [-0.39, 0.29) is 22.6 Å². The Kier molecular flexibility index (Phi) is 4.17. The highest BCUT2D eigenvalue weighted by atomic mass is 16.2. The molecule has 0 fully saturated rings. The van der Waals surface area contributed by atoms with Crippen molar-refractivity contribution in [3.63, 3.8) is 0 Å². The Bertz CT molecular complexity index is 996. The number of carbonyl (C=O) groups excluding carboxylic acids is 1. The standard InChI is InChI=1S/C20H21N3O2/c1-13-17(19(25)23-12-6-5-7-16(23)21-13)22-18(24)14-8-10-15(11-9-14)20(2,3)4/h5-12H,1-4H3,(H,22,24). The van der Waals surface area contributed by atoms with Gasteiger partial charge in [-0.25, -0.2) is 4.98 Å². The highest BCUT2D eigenvalue weighted by molar-refractivity contribution is 6.04. The van der Waals surface area contributed by atoms with E-state index in [9.17, 15) is 9.59 Å². The van der Waals surface area contributed by atoms with Gasteiger partial charge in [0.1, 0.15) is 11.3 Å². The Morgan fingerprint density at radius 2 is 1.76 bits per heavy atom. The van der Waals surface area contributed by atoms with Gasteiger partial charge in [0.15, 0.2) is 0 Å². The van der Waals surface area contributed by atoms with E-state index in [0.717, 1.165) is 5.56 Å². The van der Waals surface area contributed by atoms with Gasteiger partial charge < -0.3 is 5.32 Å². The van der Waals surface area contributed by atoms with Gasteiger partial charge in [0.05, 0.1) is 5.69 Å². The van der Waals surface area contributed by atoms with Crippen molar-refractivity contribution in [3.8, 4) is 0 Å². The van der Waals surface area contributed by atoms with Crippen LogP contribution >= 0.6 is 0 Å². The zero-order valence-electron chi connectivity index (χ0n) is 14.8. The Morgan fingerprint density at radius 3 is 2.40 bits per heavy atom. The lowest BCUT2D eigenvalue weighted by molar-refractivity contribution is 0.102. The van der Waals surface area contributed by atoms with Crippen molar-refractivity contribution < 1.29 is 4.79 Å². The van der Waals surface area contributed by atoms with E-state index in [4.69, 9.17) is 0 Å². The fourth-order valence-electron chi connectivity index (χ4n) is 2.65. The van der Waals surface area contributed by atoms with E-state index in [1.165, 1.54) is 4.40 Å². The number of aryl methyl sites for hydroxylation is 1. The van der Waals surface area contributed by atoms with Crippen molar-refractivity contribution in [1.82, 2.24) is 9.38 Å². The topological polar surface area (TPSA) is 63.5 Å². The van der Waals surface area contributed by atoms with E-state index in [1.54, 1.807) is 37.4 Å². The van der Waals surface area contributed by atoms with Gasteiger partial charge in [-0.2, -0.15) is 0 Å². The molecule has 0 atom stereocenters. The summed E-state index contributed by atoms with van der Waals surface area (Å²) in [6.45, 7) is 8.07. The maximum atomic E-state index is 12.6. The lowest BCUT2D eigenvalue weighted by Gasteiger charge is -2.19. The first-order valence-electron chi connectivity index (χ1n) is 8.17. The van der Waals surface area contributed by atoms with Crippen LogP contribution < -0.4 is 10.9 Å². The molecule has 128 valence electrons. The van der Waals surface area contributed by atoms with Gasteiger partial charge in [-0.3, -0.25) is 14.0 Å². The second-order valence-electron chi connectivity index (χ2n) is 7.09. The molecule has 3 aromatic rings. The molecule has 1 N–H and O–H groups in total. The zero-order valence-corrected chi connectivity index (χ0v) is 14.8. The zero-order chi connectivity index (χ0) is 18.2. The van der Waals surface area contributed by atoms with Crippen LogP contribution in [0.2, 0.25) is 0 Å². The second kappa shape index (κ2) is 6.16. The van der Waals surface area contributed by atoms with Crippen molar-refractivity contribution in [2.24, 2.45) is 0 Å². The van der Waals surface area contributed by atoms with Crippen LogP contribution in [-0.4, -0.2) is 15.3 Å². The number of pyridine rings is 1. The molecular formula is C20H21N3O2. The molecule has 2 aromatic heterocycles. The summed E-state index contributed by atoms with van der Waals surface area (Å²) >= 11 is 0. The van der Waals surface area contributed by atoms with E-state index >= 15 is 0 Å². The number of anilines is 1. The summed E-state index contributed by atoms with van der Waals surface area (Å²) in [4.78, 5) is 29.5. The minimum Gasteiger partial charge on any atom is -0.316 e. The number of benzene rings is 1. The van der Waals surface area contributed by atoms with E-state index in [0.29, 0.717) is 16.9 Å². The van der Waals surface area contributed by atoms with Gasteiger partial charge in [-0.15, -0.1) is 0 Å². The van der Waals surface area contributed by atoms with Gasteiger partial charge in [-0.1, -0.05) is 39.0 Å². The molecule has 0 radical (unpaired) electrons. The van der Waals surface area contributed by atoms with Gasteiger partial charge in [0.25, 0.3) is 11.5 Å². The summed E-state index contributed by atoms with van der Waals surface area (Å²) in [5.41, 5.74) is 2.63. The molecule has 5 nitrogen and oxygen atoms in total. The number of rotatable bonds is 2. The average molecular weight is 335 g/mol.